The molecule has 0 aliphatic rings. The lowest BCUT2D eigenvalue weighted by Gasteiger charge is -2.09. The maximum absolute atomic E-state index is 12.8. The van der Waals surface area contributed by atoms with Gasteiger partial charge in [-0.05, 0) is 54.8 Å². The molecule has 108 valence electrons. The van der Waals surface area contributed by atoms with E-state index in [1.54, 1.807) is 32.1 Å². The number of hydrogen-bond donors (Lipinski definition) is 1. The summed E-state index contributed by atoms with van der Waals surface area (Å²) in [7, 11) is 0. The lowest BCUT2D eigenvalue weighted by atomic mass is 10.00. The molecule has 0 aliphatic carbocycles. The second-order valence-corrected chi connectivity index (χ2v) is 5.15. The highest BCUT2D eigenvalue weighted by molar-refractivity contribution is 6.33. The SMILES string of the molecule is Cc1cc(O)c(C(=O)/C=C/c2ccc(F)cc2)c(C)c1Cl. The van der Waals surface area contributed by atoms with Crippen LogP contribution in [0.25, 0.3) is 6.08 Å². The van der Waals surface area contributed by atoms with E-state index >= 15 is 0 Å². The van der Waals surface area contributed by atoms with Gasteiger partial charge in [0.1, 0.15) is 11.6 Å². The first kappa shape index (κ1) is 15.3. The maximum Gasteiger partial charge on any atom is 0.189 e. The standard InChI is InChI=1S/C17H14ClFO2/c1-10-9-15(21)16(11(2)17(10)18)14(20)8-5-12-3-6-13(19)7-4-12/h3-9,21H,1-2H3/b8-5+. The van der Waals surface area contributed by atoms with Crippen molar-refractivity contribution in [3.8, 4) is 5.75 Å². The number of allylic oxidation sites excluding steroid dienone is 1. The number of aromatic hydroxyl groups is 1. The minimum Gasteiger partial charge on any atom is -0.507 e. The van der Waals surface area contributed by atoms with Crippen molar-refractivity contribution < 1.29 is 14.3 Å². The first-order valence-corrected chi connectivity index (χ1v) is 6.74. The normalized spacial score (nSPS) is 11.0. The van der Waals surface area contributed by atoms with Gasteiger partial charge in [0.2, 0.25) is 0 Å². The molecular weight excluding hydrogens is 291 g/mol. The van der Waals surface area contributed by atoms with Crippen molar-refractivity contribution in [1.29, 1.82) is 0 Å². The van der Waals surface area contributed by atoms with Gasteiger partial charge in [-0.1, -0.05) is 29.8 Å². The molecule has 0 bridgehead atoms. The highest BCUT2D eigenvalue weighted by Gasteiger charge is 2.16. The summed E-state index contributed by atoms with van der Waals surface area (Å²) < 4.78 is 12.8. The summed E-state index contributed by atoms with van der Waals surface area (Å²) >= 11 is 6.10. The fourth-order valence-electron chi connectivity index (χ4n) is 2.08. The fourth-order valence-corrected chi connectivity index (χ4v) is 2.23. The molecule has 4 heteroatoms. The lowest BCUT2D eigenvalue weighted by Crippen LogP contribution is -2.00. The van der Waals surface area contributed by atoms with Gasteiger partial charge < -0.3 is 5.11 Å². The molecule has 0 heterocycles. The molecule has 0 atom stereocenters. The zero-order chi connectivity index (χ0) is 15.6. The van der Waals surface area contributed by atoms with Crippen molar-refractivity contribution in [3.63, 3.8) is 0 Å². The summed E-state index contributed by atoms with van der Waals surface area (Å²) in [4.78, 5) is 12.2. The molecule has 2 nitrogen and oxygen atoms in total. The summed E-state index contributed by atoms with van der Waals surface area (Å²) in [6.07, 6.45) is 2.90. The molecule has 1 N–H and O–H groups in total. The lowest BCUT2D eigenvalue weighted by molar-refractivity contribution is 0.104. The van der Waals surface area contributed by atoms with Gasteiger partial charge >= 0.3 is 0 Å². The van der Waals surface area contributed by atoms with Crippen molar-refractivity contribution in [2.24, 2.45) is 0 Å². The number of aryl methyl sites for hydroxylation is 1. The molecule has 0 unspecified atom stereocenters. The Balaban J connectivity index is 2.33. The van der Waals surface area contributed by atoms with Gasteiger partial charge in [-0.15, -0.1) is 0 Å². The van der Waals surface area contributed by atoms with Gasteiger partial charge in [0, 0.05) is 5.02 Å². The topological polar surface area (TPSA) is 37.3 Å². The summed E-state index contributed by atoms with van der Waals surface area (Å²) in [6, 6.07) is 7.22. The molecule has 2 aromatic carbocycles. The van der Waals surface area contributed by atoms with Gasteiger partial charge in [0.05, 0.1) is 5.56 Å². The number of phenolic OH excluding ortho intramolecular Hbond substituents is 1. The number of carbonyl (C=O) groups excluding carboxylic acids is 1. The Kier molecular flexibility index (Phi) is 4.43. The number of carbonyl (C=O) groups is 1. The van der Waals surface area contributed by atoms with E-state index in [1.165, 1.54) is 24.3 Å². The van der Waals surface area contributed by atoms with Crippen LogP contribution in [0.5, 0.6) is 5.75 Å². The summed E-state index contributed by atoms with van der Waals surface area (Å²) in [6.45, 7) is 3.45. The minimum atomic E-state index is -0.351. The Morgan fingerprint density at radius 1 is 1.24 bits per heavy atom. The number of ketones is 1. The molecular formula is C17H14ClFO2. The van der Waals surface area contributed by atoms with E-state index in [0.29, 0.717) is 21.7 Å². The van der Waals surface area contributed by atoms with Crippen LogP contribution in [0, 0.1) is 19.7 Å². The Morgan fingerprint density at radius 2 is 1.86 bits per heavy atom. The smallest absolute Gasteiger partial charge is 0.189 e. The van der Waals surface area contributed by atoms with E-state index in [0.717, 1.165) is 0 Å². The molecule has 0 aliphatic heterocycles. The van der Waals surface area contributed by atoms with E-state index in [4.69, 9.17) is 11.6 Å². The van der Waals surface area contributed by atoms with Crippen molar-refractivity contribution in [3.05, 3.63) is 69.5 Å². The van der Waals surface area contributed by atoms with E-state index in [1.807, 2.05) is 0 Å². The molecule has 0 spiro atoms. The molecule has 0 saturated carbocycles. The quantitative estimate of drug-likeness (QED) is 0.659. The van der Waals surface area contributed by atoms with Gasteiger partial charge in [0.25, 0.3) is 0 Å². The Bertz CT molecular complexity index is 719. The molecule has 0 aromatic heterocycles. The zero-order valence-electron chi connectivity index (χ0n) is 11.7. The van der Waals surface area contributed by atoms with Gasteiger partial charge in [-0.25, -0.2) is 4.39 Å². The first-order valence-electron chi connectivity index (χ1n) is 6.37. The second-order valence-electron chi connectivity index (χ2n) is 4.78. The predicted octanol–water partition coefficient (Wildman–Crippen LogP) is 4.70. The third-order valence-electron chi connectivity index (χ3n) is 3.20. The molecule has 0 saturated heterocycles. The third-order valence-corrected chi connectivity index (χ3v) is 3.78. The third kappa shape index (κ3) is 3.31. The molecule has 0 amide bonds. The molecule has 2 rings (SSSR count). The molecule has 2 aromatic rings. The number of phenols is 1. The minimum absolute atomic E-state index is 0.0943. The molecule has 0 fully saturated rings. The van der Waals surface area contributed by atoms with E-state index in [2.05, 4.69) is 0 Å². The van der Waals surface area contributed by atoms with Crippen molar-refractivity contribution in [1.82, 2.24) is 0 Å². The van der Waals surface area contributed by atoms with Gasteiger partial charge in [-0.3, -0.25) is 4.79 Å². The Morgan fingerprint density at radius 3 is 2.48 bits per heavy atom. The Labute approximate surface area is 127 Å². The van der Waals surface area contributed by atoms with Crippen LogP contribution in [0.3, 0.4) is 0 Å². The number of hydrogen-bond acceptors (Lipinski definition) is 2. The average molecular weight is 305 g/mol. The molecule has 21 heavy (non-hydrogen) atoms. The second kappa shape index (κ2) is 6.10. The van der Waals surface area contributed by atoms with Crippen molar-refractivity contribution in [2.45, 2.75) is 13.8 Å². The first-order chi connectivity index (χ1) is 9.90. The largest absolute Gasteiger partial charge is 0.507 e. The van der Waals surface area contributed by atoms with E-state index in [-0.39, 0.29) is 22.9 Å². The van der Waals surface area contributed by atoms with Crippen molar-refractivity contribution >= 4 is 23.5 Å². The zero-order valence-corrected chi connectivity index (χ0v) is 12.4. The number of benzene rings is 2. The monoisotopic (exact) mass is 304 g/mol. The fraction of sp³-hybridized carbons (Fsp3) is 0.118. The summed E-state index contributed by atoms with van der Waals surface area (Å²) in [5.74, 6) is -0.781. The highest BCUT2D eigenvalue weighted by atomic mass is 35.5. The highest BCUT2D eigenvalue weighted by Crippen LogP contribution is 2.31. The maximum atomic E-state index is 12.8. The van der Waals surface area contributed by atoms with Crippen LogP contribution in [-0.2, 0) is 0 Å². The van der Waals surface area contributed by atoms with Crippen LogP contribution in [0.1, 0.15) is 27.0 Å². The Hall–Kier alpha value is -2.13. The number of rotatable bonds is 3. The van der Waals surface area contributed by atoms with Crippen molar-refractivity contribution in [2.75, 3.05) is 0 Å². The summed E-state index contributed by atoms with van der Waals surface area (Å²) in [5, 5.41) is 10.4. The average Bonchev–Trinajstić information content (AvgIpc) is 2.44. The van der Waals surface area contributed by atoms with Crippen LogP contribution < -0.4 is 0 Å². The van der Waals surface area contributed by atoms with Crippen LogP contribution in [-0.4, -0.2) is 10.9 Å². The van der Waals surface area contributed by atoms with Crippen LogP contribution >= 0.6 is 11.6 Å². The van der Waals surface area contributed by atoms with Crippen LogP contribution in [0.2, 0.25) is 5.02 Å². The van der Waals surface area contributed by atoms with Crippen LogP contribution in [0.15, 0.2) is 36.4 Å². The predicted molar refractivity (Wildman–Crippen MR) is 82.4 cm³/mol. The number of halogens is 2. The molecule has 0 radical (unpaired) electrons. The van der Waals surface area contributed by atoms with Gasteiger partial charge in [-0.2, -0.15) is 0 Å². The van der Waals surface area contributed by atoms with E-state index < -0.39 is 0 Å². The van der Waals surface area contributed by atoms with Gasteiger partial charge in [0.15, 0.2) is 5.78 Å². The van der Waals surface area contributed by atoms with Crippen LogP contribution in [0.4, 0.5) is 4.39 Å². The summed E-state index contributed by atoms with van der Waals surface area (Å²) in [5.41, 5.74) is 2.14. The van der Waals surface area contributed by atoms with E-state index in [9.17, 15) is 14.3 Å².